The summed E-state index contributed by atoms with van der Waals surface area (Å²) in [6.07, 6.45) is 2.08. The highest BCUT2D eigenvalue weighted by Gasteiger charge is 2.01. The third-order valence-corrected chi connectivity index (χ3v) is 2.32. The largest absolute Gasteiger partial charge is 0.380 e. The Morgan fingerprint density at radius 1 is 1.31 bits per heavy atom. The Hall–Kier alpha value is -0.130. The summed E-state index contributed by atoms with van der Waals surface area (Å²) in [5.74, 6) is 0.580. The van der Waals surface area contributed by atoms with Crippen molar-refractivity contribution in [2.24, 2.45) is 11.1 Å². The van der Waals surface area contributed by atoms with Gasteiger partial charge in [-0.2, -0.15) is 0 Å². The standard InChI is InChI=1S/C8H19NO3S/c1-8(2)4-3-5-12-6-7-13(9,10)11/h8H,3-7H2,1-2H3,(H2,9,10,11). The van der Waals surface area contributed by atoms with Gasteiger partial charge in [0.1, 0.15) is 0 Å². The van der Waals surface area contributed by atoms with Crippen molar-refractivity contribution in [3.8, 4) is 0 Å². The SMILES string of the molecule is CC(C)CCCOCCS(N)(=O)=O. The first-order chi connectivity index (χ1) is 5.92. The van der Waals surface area contributed by atoms with E-state index in [2.05, 4.69) is 13.8 Å². The van der Waals surface area contributed by atoms with Crippen LogP contribution < -0.4 is 5.14 Å². The third-order valence-electron chi connectivity index (χ3n) is 1.58. The minimum Gasteiger partial charge on any atom is -0.380 e. The van der Waals surface area contributed by atoms with E-state index in [0.29, 0.717) is 12.5 Å². The Balaban J connectivity index is 3.18. The van der Waals surface area contributed by atoms with Crippen LogP contribution in [0.2, 0.25) is 0 Å². The smallest absolute Gasteiger partial charge is 0.211 e. The Morgan fingerprint density at radius 2 is 1.92 bits per heavy atom. The Kier molecular flexibility index (Phi) is 6.28. The third kappa shape index (κ3) is 11.9. The van der Waals surface area contributed by atoms with Crippen LogP contribution >= 0.6 is 0 Å². The molecule has 0 aliphatic carbocycles. The second-order valence-electron chi connectivity index (χ2n) is 3.52. The van der Waals surface area contributed by atoms with E-state index in [-0.39, 0.29) is 12.4 Å². The summed E-state index contributed by atoms with van der Waals surface area (Å²) in [7, 11) is -3.35. The zero-order valence-electron chi connectivity index (χ0n) is 8.32. The maximum absolute atomic E-state index is 10.5. The maximum Gasteiger partial charge on any atom is 0.211 e. The highest BCUT2D eigenvalue weighted by Crippen LogP contribution is 2.02. The number of primary sulfonamides is 1. The predicted octanol–water partition coefficient (Wildman–Crippen LogP) is 0.728. The van der Waals surface area contributed by atoms with Gasteiger partial charge in [0.25, 0.3) is 0 Å². The highest BCUT2D eigenvalue weighted by atomic mass is 32.2. The van der Waals surface area contributed by atoms with Crippen LogP contribution in [0, 0.1) is 5.92 Å². The Morgan fingerprint density at radius 3 is 2.38 bits per heavy atom. The summed E-state index contributed by atoms with van der Waals surface area (Å²) < 4.78 is 26.0. The molecule has 80 valence electrons. The number of nitrogens with two attached hydrogens (primary N) is 1. The second kappa shape index (κ2) is 6.34. The van der Waals surface area contributed by atoms with Crippen LogP contribution in [0.4, 0.5) is 0 Å². The summed E-state index contributed by atoms with van der Waals surface area (Å²) in [4.78, 5) is 0. The van der Waals surface area contributed by atoms with Crippen molar-refractivity contribution >= 4 is 10.0 Å². The molecule has 0 unspecified atom stereocenters. The minimum absolute atomic E-state index is 0.0886. The summed E-state index contributed by atoms with van der Waals surface area (Å²) >= 11 is 0. The molecule has 0 fully saturated rings. The molecule has 4 nitrogen and oxygen atoms in total. The van der Waals surface area contributed by atoms with E-state index >= 15 is 0 Å². The van der Waals surface area contributed by atoms with Gasteiger partial charge in [-0.05, 0) is 18.8 Å². The van der Waals surface area contributed by atoms with Crippen molar-refractivity contribution in [3.63, 3.8) is 0 Å². The molecule has 0 aliphatic heterocycles. The molecule has 0 atom stereocenters. The van der Waals surface area contributed by atoms with E-state index in [1.807, 2.05) is 0 Å². The molecule has 5 heteroatoms. The van der Waals surface area contributed by atoms with E-state index in [1.165, 1.54) is 0 Å². The first-order valence-electron chi connectivity index (χ1n) is 4.50. The first kappa shape index (κ1) is 12.9. The predicted molar refractivity (Wildman–Crippen MR) is 52.9 cm³/mol. The topological polar surface area (TPSA) is 69.4 Å². The van der Waals surface area contributed by atoms with Gasteiger partial charge in [-0.25, -0.2) is 13.6 Å². The molecule has 2 N–H and O–H groups in total. The van der Waals surface area contributed by atoms with Gasteiger partial charge in [-0.3, -0.25) is 0 Å². The van der Waals surface area contributed by atoms with Gasteiger partial charge in [0.05, 0.1) is 12.4 Å². The summed E-state index contributed by atoms with van der Waals surface area (Å²) in [5.41, 5.74) is 0. The molecule has 0 rings (SSSR count). The van der Waals surface area contributed by atoms with E-state index in [9.17, 15) is 8.42 Å². The molecular weight excluding hydrogens is 190 g/mol. The van der Waals surface area contributed by atoms with Crippen molar-refractivity contribution < 1.29 is 13.2 Å². The van der Waals surface area contributed by atoms with Crippen LogP contribution in [0.1, 0.15) is 26.7 Å². The molecule has 0 aromatic rings. The Labute approximate surface area is 80.5 Å². The van der Waals surface area contributed by atoms with Crippen LogP contribution in [-0.4, -0.2) is 27.4 Å². The monoisotopic (exact) mass is 209 g/mol. The van der Waals surface area contributed by atoms with Crippen LogP contribution in [0.15, 0.2) is 0 Å². The van der Waals surface area contributed by atoms with Gasteiger partial charge < -0.3 is 4.74 Å². The van der Waals surface area contributed by atoms with Gasteiger partial charge >= 0.3 is 0 Å². The molecule has 0 aromatic heterocycles. The van der Waals surface area contributed by atoms with Gasteiger partial charge in [0.15, 0.2) is 0 Å². The molecule has 0 radical (unpaired) electrons. The molecule has 0 aromatic carbocycles. The number of rotatable bonds is 7. The average molecular weight is 209 g/mol. The lowest BCUT2D eigenvalue weighted by atomic mass is 10.1. The molecule has 0 spiro atoms. The van der Waals surface area contributed by atoms with Gasteiger partial charge in [0, 0.05) is 6.61 Å². The van der Waals surface area contributed by atoms with Crippen LogP contribution in [0.25, 0.3) is 0 Å². The molecule has 0 saturated heterocycles. The number of hydrogen-bond acceptors (Lipinski definition) is 3. The first-order valence-corrected chi connectivity index (χ1v) is 6.21. The zero-order chi connectivity index (χ0) is 10.3. The van der Waals surface area contributed by atoms with Crippen LogP contribution in [-0.2, 0) is 14.8 Å². The average Bonchev–Trinajstić information content (AvgIpc) is 1.93. The lowest BCUT2D eigenvalue weighted by molar-refractivity contribution is 0.142. The van der Waals surface area contributed by atoms with Crippen molar-refractivity contribution in [2.45, 2.75) is 26.7 Å². The quantitative estimate of drug-likeness (QED) is 0.628. The van der Waals surface area contributed by atoms with Crippen LogP contribution in [0.3, 0.4) is 0 Å². The summed E-state index contributed by atoms with van der Waals surface area (Å²) in [5, 5.41) is 4.79. The number of hydrogen-bond donors (Lipinski definition) is 1. The molecule has 0 saturated carbocycles. The van der Waals surface area contributed by atoms with E-state index in [0.717, 1.165) is 12.8 Å². The molecule has 13 heavy (non-hydrogen) atoms. The molecule has 0 aliphatic rings. The van der Waals surface area contributed by atoms with E-state index in [4.69, 9.17) is 9.88 Å². The lowest BCUT2D eigenvalue weighted by Crippen LogP contribution is -2.20. The van der Waals surface area contributed by atoms with Crippen molar-refractivity contribution in [2.75, 3.05) is 19.0 Å². The lowest BCUT2D eigenvalue weighted by Gasteiger charge is -2.05. The number of sulfonamides is 1. The highest BCUT2D eigenvalue weighted by molar-refractivity contribution is 7.89. The number of ether oxygens (including phenoxy) is 1. The molecule has 0 bridgehead atoms. The second-order valence-corrected chi connectivity index (χ2v) is 5.25. The zero-order valence-corrected chi connectivity index (χ0v) is 9.14. The van der Waals surface area contributed by atoms with E-state index < -0.39 is 10.0 Å². The van der Waals surface area contributed by atoms with Crippen molar-refractivity contribution in [1.29, 1.82) is 0 Å². The fourth-order valence-corrected chi connectivity index (χ4v) is 1.22. The normalized spacial score (nSPS) is 12.3. The van der Waals surface area contributed by atoms with Crippen LogP contribution in [0.5, 0.6) is 0 Å². The van der Waals surface area contributed by atoms with Gasteiger partial charge in [-0.1, -0.05) is 13.8 Å². The van der Waals surface area contributed by atoms with Gasteiger partial charge in [-0.15, -0.1) is 0 Å². The molecular formula is C8H19NO3S. The minimum atomic E-state index is -3.35. The Bertz CT molecular complexity index is 211. The van der Waals surface area contributed by atoms with Crippen molar-refractivity contribution in [1.82, 2.24) is 0 Å². The fourth-order valence-electron chi connectivity index (χ4n) is 0.871. The molecule has 0 amide bonds. The van der Waals surface area contributed by atoms with Gasteiger partial charge in [0.2, 0.25) is 10.0 Å². The maximum atomic E-state index is 10.5. The van der Waals surface area contributed by atoms with E-state index in [1.54, 1.807) is 0 Å². The fraction of sp³-hybridized carbons (Fsp3) is 1.00. The molecule has 0 heterocycles. The summed E-state index contributed by atoms with van der Waals surface area (Å²) in [6, 6.07) is 0. The summed E-state index contributed by atoms with van der Waals surface area (Å²) in [6.45, 7) is 5.11. The van der Waals surface area contributed by atoms with Crippen molar-refractivity contribution in [3.05, 3.63) is 0 Å².